The van der Waals surface area contributed by atoms with Gasteiger partial charge in [-0.15, -0.1) is 0 Å². The molecule has 2 heterocycles. The lowest BCUT2D eigenvalue weighted by molar-refractivity contribution is -0.119. The zero-order valence-corrected chi connectivity index (χ0v) is 15.7. The number of aromatic nitrogens is 3. The molecule has 3 aromatic rings. The number of nitrogens with zero attached hydrogens (tertiary/aromatic N) is 3. The third-order valence-electron chi connectivity index (χ3n) is 3.80. The van der Waals surface area contributed by atoms with Crippen LogP contribution in [0.1, 0.15) is 27.6 Å². The summed E-state index contributed by atoms with van der Waals surface area (Å²) >= 11 is 0. The van der Waals surface area contributed by atoms with E-state index in [1.165, 1.54) is 6.20 Å². The van der Waals surface area contributed by atoms with Crippen molar-refractivity contribution in [1.29, 1.82) is 0 Å². The molecule has 0 bridgehead atoms. The minimum absolute atomic E-state index is 0.215. The van der Waals surface area contributed by atoms with Crippen LogP contribution in [0.2, 0.25) is 0 Å². The van der Waals surface area contributed by atoms with E-state index in [2.05, 4.69) is 20.7 Å². The van der Waals surface area contributed by atoms with E-state index in [1.54, 1.807) is 59.5 Å². The third-order valence-corrected chi connectivity index (χ3v) is 3.80. The molecule has 0 aliphatic rings. The number of amides is 2. The molecular formula is C20H19N5O4. The van der Waals surface area contributed by atoms with Crippen molar-refractivity contribution < 1.29 is 19.1 Å². The minimum atomic E-state index is -0.671. The predicted molar refractivity (Wildman–Crippen MR) is 105 cm³/mol. The van der Waals surface area contributed by atoms with Gasteiger partial charge in [0.15, 0.2) is 12.4 Å². The predicted octanol–water partition coefficient (Wildman–Crippen LogP) is 1.81. The molecule has 0 atom stereocenters. The summed E-state index contributed by atoms with van der Waals surface area (Å²) in [4.78, 5) is 40.1. The molecule has 1 aromatic carbocycles. The monoisotopic (exact) mass is 393 g/mol. The van der Waals surface area contributed by atoms with Gasteiger partial charge in [-0.3, -0.25) is 9.59 Å². The highest BCUT2D eigenvalue weighted by Crippen LogP contribution is 2.11. The first-order valence-corrected chi connectivity index (χ1v) is 8.88. The quantitative estimate of drug-likeness (QED) is 0.592. The molecule has 2 amide bonds. The molecule has 2 aromatic heterocycles. The molecule has 0 unspecified atom stereocenters. The van der Waals surface area contributed by atoms with E-state index in [0.717, 1.165) is 0 Å². The van der Waals surface area contributed by atoms with Gasteiger partial charge in [0.05, 0.1) is 5.56 Å². The molecule has 0 spiro atoms. The molecule has 0 saturated carbocycles. The van der Waals surface area contributed by atoms with Crippen LogP contribution in [-0.2, 0) is 9.53 Å². The summed E-state index contributed by atoms with van der Waals surface area (Å²) < 4.78 is 6.57. The number of rotatable bonds is 7. The summed E-state index contributed by atoms with van der Waals surface area (Å²) in [6.45, 7) is 1.85. The number of benzene rings is 1. The van der Waals surface area contributed by atoms with E-state index >= 15 is 0 Å². The number of hydrogen-bond acceptors (Lipinski definition) is 6. The first-order valence-electron chi connectivity index (χ1n) is 8.88. The largest absolute Gasteiger partial charge is 0.452 e. The molecular weight excluding hydrogens is 374 g/mol. The fourth-order valence-electron chi connectivity index (χ4n) is 2.46. The third kappa shape index (κ3) is 5.25. The highest BCUT2D eigenvalue weighted by molar-refractivity contribution is 5.98. The van der Waals surface area contributed by atoms with Gasteiger partial charge >= 0.3 is 5.97 Å². The zero-order chi connectivity index (χ0) is 20.6. The fraction of sp³-hybridized carbons (Fsp3) is 0.150. The van der Waals surface area contributed by atoms with Gasteiger partial charge in [-0.05, 0) is 43.3 Å². The Kier molecular flexibility index (Phi) is 6.31. The van der Waals surface area contributed by atoms with Crippen LogP contribution in [0.4, 0.5) is 5.69 Å². The molecule has 0 aliphatic heterocycles. The topological polar surface area (TPSA) is 115 Å². The van der Waals surface area contributed by atoms with Crippen molar-refractivity contribution in [3.05, 3.63) is 72.2 Å². The summed E-state index contributed by atoms with van der Waals surface area (Å²) in [7, 11) is 0. The van der Waals surface area contributed by atoms with Crippen LogP contribution < -0.4 is 10.6 Å². The van der Waals surface area contributed by atoms with Crippen LogP contribution in [0, 0.1) is 0 Å². The normalized spacial score (nSPS) is 10.2. The molecule has 3 rings (SSSR count). The van der Waals surface area contributed by atoms with Crippen LogP contribution in [0.15, 0.2) is 61.1 Å². The number of carbonyl (C=O) groups excluding carboxylic acids is 3. The molecule has 0 radical (unpaired) electrons. The van der Waals surface area contributed by atoms with Gasteiger partial charge in [0.2, 0.25) is 0 Å². The summed E-state index contributed by atoms with van der Waals surface area (Å²) in [5, 5.41) is 9.32. The summed E-state index contributed by atoms with van der Waals surface area (Å²) in [5.74, 6) is -0.874. The Balaban J connectivity index is 1.53. The number of ether oxygens (including phenoxy) is 1. The van der Waals surface area contributed by atoms with Crippen LogP contribution in [0.3, 0.4) is 0 Å². The van der Waals surface area contributed by atoms with Gasteiger partial charge in [0.1, 0.15) is 0 Å². The Morgan fingerprint density at radius 2 is 1.97 bits per heavy atom. The average Bonchev–Trinajstić information content (AvgIpc) is 3.27. The van der Waals surface area contributed by atoms with E-state index in [0.29, 0.717) is 23.6 Å². The van der Waals surface area contributed by atoms with E-state index in [4.69, 9.17) is 4.74 Å². The Morgan fingerprint density at radius 3 is 2.66 bits per heavy atom. The lowest BCUT2D eigenvalue weighted by Crippen LogP contribution is -2.23. The van der Waals surface area contributed by atoms with E-state index in [9.17, 15) is 14.4 Å². The van der Waals surface area contributed by atoms with Gasteiger partial charge in [0, 0.05) is 36.4 Å². The first-order chi connectivity index (χ1) is 14.1. The van der Waals surface area contributed by atoms with Crippen LogP contribution >= 0.6 is 0 Å². The van der Waals surface area contributed by atoms with Crippen LogP contribution in [0.25, 0.3) is 5.82 Å². The molecule has 9 nitrogen and oxygen atoms in total. The number of anilines is 1. The van der Waals surface area contributed by atoms with Crippen molar-refractivity contribution in [3.63, 3.8) is 0 Å². The average molecular weight is 393 g/mol. The lowest BCUT2D eigenvalue weighted by Gasteiger charge is -2.08. The van der Waals surface area contributed by atoms with Gasteiger partial charge in [-0.25, -0.2) is 14.5 Å². The maximum atomic E-state index is 12.1. The van der Waals surface area contributed by atoms with Crippen molar-refractivity contribution in [2.24, 2.45) is 0 Å². The van der Waals surface area contributed by atoms with E-state index < -0.39 is 18.5 Å². The number of pyridine rings is 1. The molecule has 0 fully saturated rings. The lowest BCUT2D eigenvalue weighted by atomic mass is 10.2. The molecule has 0 saturated heterocycles. The zero-order valence-electron chi connectivity index (χ0n) is 15.7. The molecule has 9 heteroatoms. The minimum Gasteiger partial charge on any atom is -0.452 e. The number of hydrogen-bond donors (Lipinski definition) is 2. The second-order valence-corrected chi connectivity index (χ2v) is 5.92. The second-order valence-electron chi connectivity index (χ2n) is 5.92. The number of nitrogens with one attached hydrogen (secondary N) is 2. The summed E-state index contributed by atoms with van der Waals surface area (Å²) in [6.07, 6.45) is 4.70. The van der Waals surface area contributed by atoms with Crippen LogP contribution in [-0.4, -0.2) is 45.7 Å². The van der Waals surface area contributed by atoms with Crippen molar-refractivity contribution in [2.45, 2.75) is 6.92 Å². The Morgan fingerprint density at radius 1 is 1.10 bits per heavy atom. The van der Waals surface area contributed by atoms with E-state index in [1.807, 2.05) is 6.92 Å². The van der Waals surface area contributed by atoms with Crippen molar-refractivity contribution in [3.8, 4) is 5.82 Å². The van der Waals surface area contributed by atoms with Crippen LogP contribution in [0.5, 0.6) is 0 Å². The Labute approximate surface area is 166 Å². The molecule has 0 aliphatic carbocycles. The standard InChI is InChI=1S/C20H19N5O4/c1-2-21-19(27)14-5-3-6-16(11-14)24-18(26)13-29-20(28)15-7-8-17(22-12-15)25-10-4-9-23-25/h3-12H,2,13H2,1H3,(H,21,27)(H,24,26). The maximum Gasteiger partial charge on any atom is 0.340 e. The highest BCUT2D eigenvalue weighted by atomic mass is 16.5. The number of carbonyl (C=O) groups is 3. The Bertz CT molecular complexity index is 1000. The smallest absolute Gasteiger partial charge is 0.340 e. The maximum absolute atomic E-state index is 12.1. The van der Waals surface area contributed by atoms with Gasteiger partial charge in [-0.1, -0.05) is 6.07 Å². The van der Waals surface area contributed by atoms with Gasteiger partial charge in [-0.2, -0.15) is 5.10 Å². The van der Waals surface area contributed by atoms with Gasteiger partial charge < -0.3 is 15.4 Å². The number of esters is 1. The van der Waals surface area contributed by atoms with Crippen molar-refractivity contribution in [1.82, 2.24) is 20.1 Å². The second kappa shape index (κ2) is 9.27. The fourth-order valence-corrected chi connectivity index (χ4v) is 2.46. The molecule has 2 N–H and O–H groups in total. The van der Waals surface area contributed by atoms with Crippen molar-refractivity contribution >= 4 is 23.5 Å². The Hall–Kier alpha value is -4.01. The molecule has 29 heavy (non-hydrogen) atoms. The summed E-state index contributed by atoms with van der Waals surface area (Å²) in [6, 6.07) is 11.4. The van der Waals surface area contributed by atoms with E-state index in [-0.39, 0.29) is 11.5 Å². The SMILES string of the molecule is CCNC(=O)c1cccc(NC(=O)COC(=O)c2ccc(-n3cccn3)nc2)c1. The van der Waals surface area contributed by atoms with Crippen molar-refractivity contribution in [2.75, 3.05) is 18.5 Å². The molecule has 148 valence electrons. The highest BCUT2D eigenvalue weighted by Gasteiger charge is 2.12. The van der Waals surface area contributed by atoms with Gasteiger partial charge in [0.25, 0.3) is 11.8 Å². The summed E-state index contributed by atoms with van der Waals surface area (Å²) in [5.41, 5.74) is 1.07. The first kappa shape index (κ1) is 19.7.